The van der Waals surface area contributed by atoms with E-state index in [4.69, 9.17) is 14.2 Å². The van der Waals surface area contributed by atoms with E-state index in [0.717, 1.165) is 0 Å². The van der Waals surface area contributed by atoms with Crippen LogP contribution in [0.25, 0.3) is 0 Å². The molecule has 1 aromatic rings. The van der Waals surface area contributed by atoms with Gasteiger partial charge in [-0.05, 0) is 12.5 Å². The SMILES string of the molecule is CCOCCOCCOc1ccc(CC(C(=O)O)N2CCN(CC(=O)[O-])CCN(CC(=O)[O-])CCN(CC(=O)[O-])CC2)cn1.[Gd+3]. The summed E-state index contributed by atoms with van der Waals surface area (Å²) in [6.45, 7) is 4.07. The monoisotopic (exact) mass is 782 g/mol. The molecular weight excluding hydrogens is 740 g/mol. The standard InChI is InChI=1S/C28H45N5O11.Gd/c1-2-42-13-14-43-15-16-44-24-4-3-22(18-29-24)17-23(28(40)41)33-11-9-31(20-26(36)37)7-5-30(19-25(34)35)6-8-32(10-12-33)21-27(38)39;/h3-4,18,23H,2,5-17,19-21H2,1H3,(H,34,35)(H,36,37)(H,38,39)(H,40,41);/q;+3/p-3. The predicted molar refractivity (Wildman–Crippen MR) is 148 cm³/mol. The van der Waals surface area contributed by atoms with Crippen LogP contribution in [0.4, 0.5) is 0 Å². The molecule has 0 aliphatic carbocycles. The first-order valence-electron chi connectivity index (χ1n) is 14.5. The molecule has 1 N–H and O–H groups in total. The first kappa shape index (κ1) is 40.9. The third kappa shape index (κ3) is 18.0. The van der Waals surface area contributed by atoms with Crippen LogP contribution in [-0.4, -0.2) is 165 Å². The van der Waals surface area contributed by atoms with Gasteiger partial charge in [-0.25, -0.2) is 4.98 Å². The number of carbonyl (C=O) groups excluding carboxylic acids is 3. The van der Waals surface area contributed by atoms with E-state index in [1.54, 1.807) is 26.8 Å². The number of aromatic nitrogens is 1. The van der Waals surface area contributed by atoms with Crippen LogP contribution in [0, 0.1) is 39.9 Å². The Morgan fingerprint density at radius 2 is 1.24 bits per heavy atom. The zero-order chi connectivity index (χ0) is 32.3. The normalized spacial score (nSPS) is 16.9. The van der Waals surface area contributed by atoms with E-state index in [-0.39, 0.29) is 105 Å². The number of hydrogen-bond donors (Lipinski definition) is 1. The van der Waals surface area contributed by atoms with Gasteiger partial charge in [0.05, 0.1) is 37.7 Å². The molecule has 2 heterocycles. The molecule has 1 aromatic heterocycles. The van der Waals surface area contributed by atoms with Gasteiger partial charge in [-0.15, -0.1) is 0 Å². The molecule has 1 aliphatic heterocycles. The largest absolute Gasteiger partial charge is 3.00 e. The molecule has 1 radical (unpaired) electrons. The summed E-state index contributed by atoms with van der Waals surface area (Å²) in [5.41, 5.74) is 0.625. The molecule has 0 bridgehead atoms. The Hall–Kier alpha value is -2.09. The van der Waals surface area contributed by atoms with Crippen molar-refractivity contribution < 1.29 is 93.8 Å². The van der Waals surface area contributed by atoms with E-state index in [9.17, 15) is 39.6 Å². The van der Waals surface area contributed by atoms with Crippen LogP contribution >= 0.6 is 0 Å². The number of pyridine rings is 1. The molecule has 1 saturated heterocycles. The molecule has 16 nitrogen and oxygen atoms in total. The molecule has 2 rings (SSSR count). The van der Waals surface area contributed by atoms with Crippen molar-refractivity contribution in [1.29, 1.82) is 0 Å². The molecule has 0 saturated carbocycles. The molecule has 1 fully saturated rings. The molecule has 253 valence electrons. The molecule has 1 aliphatic rings. The van der Waals surface area contributed by atoms with Crippen molar-refractivity contribution in [3.63, 3.8) is 0 Å². The molecule has 17 heteroatoms. The summed E-state index contributed by atoms with van der Waals surface area (Å²) in [6, 6.07) is 2.31. The van der Waals surface area contributed by atoms with E-state index in [0.29, 0.717) is 37.9 Å². The number of aliphatic carboxylic acids is 4. The summed E-state index contributed by atoms with van der Waals surface area (Å²) in [6.07, 6.45) is 1.60. The topological polar surface area (TPSA) is 211 Å². The van der Waals surface area contributed by atoms with E-state index in [2.05, 4.69) is 4.98 Å². The minimum absolute atomic E-state index is 0. The number of ether oxygens (including phenoxy) is 3. The van der Waals surface area contributed by atoms with Gasteiger partial charge in [0.2, 0.25) is 5.88 Å². The summed E-state index contributed by atoms with van der Waals surface area (Å²) in [4.78, 5) is 57.1. The summed E-state index contributed by atoms with van der Waals surface area (Å²) >= 11 is 0. The van der Waals surface area contributed by atoms with Crippen molar-refractivity contribution in [3.05, 3.63) is 23.9 Å². The van der Waals surface area contributed by atoms with Crippen LogP contribution < -0.4 is 20.1 Å². The second-order valence-corrected chi connectivity index (χ2v) is 10.2. The molecule has 1 unspecified atom stereocenters. The van der Waals surface area contributed by atoms with Gasteiger partial charge in [0.25, 0.3) is 0 Å². The summed E-state index contributed by atoms with van der Waals surface area (Å²) in [5, 5.41) is 44.2. The molecule has 0 amide bonds. The average molecular weight is 782 g/mol. The van der Waals surface area contributed by atoms with Gasteiger partial charge < -0.3 is 49.0 Å². The Labute approximate surface area is 294 Å². The van der Waals surface area contributed by atoms with Crippen LogP contribution in [0.5, 0.6) is 5.88 Å². The van der Waals surface area contributed by atoms with Crippen LogP contribution in [0.2, 0.25) is 0 Å². The Balaban J connectivity index is 0.0000101. The molecule has 0 spiro atoms. The number of hydrogen-bond acceptors (Lipinski definition) is 15. The van der Waals surface area contributed by atoms with Crippen molar-refractivity contribution in [2.24, 2.45) is 0 Å². The third-order valence-corrected chi connectivity index (χ3v) is 6.94. The predicted octanol–water partition coefficient (Wildman–Crippen LogP) is -5.02. The second kappa shape index (κ2) is 23.3. The first-order chi connectivity index (χ1) is 21.1. The summed E-state index contributed by atoms with van der Waals surface area (Å²) in [5.74, 6) is -4.73. The number of carbonyl (C=O) groups is 4. The Morgan fingerprint density at radius 3 is 1.67 bits per heavy atom. The van der Waals surface area contributed by atoms with Crippen molar-refractivity contribution in [3.8, 4) is 5.88 Å². The fraction of sp³-hybridized carbons (Fsp3) is 0.679. The summed E-state index contributed by atoms with van der Waals surface area (Å²) in [7, 11) is 0. The maximum Gasteiger partial charge on any atom is 3.00 e. The fourth-order valence-corrected chi connectivity index (χ4v) is 4.67. The minimum atomic E-state index is -1.32. The van der Waals surface area contributed by atoms with Crippen LogP contribution in [-0.2, 0) is 35.1 Å². The number of carboxylic acids is 4. The van der Waals surface area contributed by atoms with Crippen molar-refractivity contribution in [2.45, 2.75) is 19.4 Å². The van der Waals surface area contributed by atoms with Crippen molar-refractivity contribution in [1.82, 2.24) is 24.6 Å². The average Bonchev–Trinajstić information content (AvgIpc) is 2.95. The Kier molecular flexibility index (Phi) is 21.2. The molecule has 45 heavy (non-hydrogen) atoms. The smallest absolute Gasteiger partial charge is 0.549 e. The van der Waals surface area contributed by atoms with Crippen LogP contribution in [0.1, 0.15) is 12.5 Å². The van der Waals surface area contributed by atoms with E-state index in [1.807, 2.05) is 6.92 Å². The maximum atomic E-state index is 12.5. The maximum absolute atomic E-state index is 12.5. The zero-order valence-corrected chi connectivity index (χ0v) is 27.7. The Morgan fingerprint density at radius 1 is 0.778 bits per heavy atom. The molecule has 1 atom stereocenters. The van der Waals surface area contributed by atoms with Crippen LogP contribution in [0.15, 0.2) is 18.3 Å². The van der Waals surface area contributed by atoms with Crippen molar-refractivity contribution in [2.75, 3.05) is 105 Å². The number of nitrogens with zero attached hydrogens (tertiary/aromatic N) is 5. The molecular formula is C28H42GdN5O11. The van der Waals surface area contributed by atoms with E-state index >= 15 is 0 Å². The fourth-order valence-electron chi connectivity index (χ4n) is 4.67. The van der Waals surface area contributed by atoms with E-state index < -0.39 is 49.6 Å². The number of rotatable bonds is 18. The quantitative estimate of drug-likeness (QED) is 0.138. The third-order valence-electron chi connectivity index (χ3n) is 6.94. The van der Waals surface area contributed by atoms with Gasteiger partial charge in [0.15, 0.2) is 0 Å². The minimum Gasteiger partial charge on any atom is -0.549 e. The van der Waals surface area contributed by atoms with Crippen LogP contribution in [0.3, 0.4) is 0 Å². The summed E-state index contributed by atoms with van der Waals surface area (Å²) < 4.78 is 16.2. The Bertz CT molecular complexity index is 1000. The zero-order valence-electron chi connectivity index (χ0n) is 25.4. The number of carboxylic acid groups (broad SMARTS) is 4. The van der Waals surface area contributed by atoms with Gasteiger partial charge in [0.1, 0.15) is 12.6 Å². The second-order valence-electron chi connectivity index (χ2n) is 10.2. The first-order valence-corrected chi connectivity index (χ1v) is 14.5. The van der Waals surface area contributed by atoms with E-state index in [1.165, 1.54) is 11.1 Å². The van der Waals surface area contributed by atoms with Gasteiger partial charge in [-0.3, -0.25) is 24.4 Å². The van der Waals surface area contributed by atoms with Gasteiger partial charge in [0, 0.05) is 97.3 Å². The van der Waals surface area contributed by atoms with Gasteiger partial charge in [-0.2, -0.15) is 0 Å². The van der Waals surface area contributed by atoms with Gasteiger partial charge >= 0.3 is 45.9 Å². The molecule has 0 aromatic carbocycles. The van der Waals surface area contributed by atoms with Gasteiger partial charge in [-0.1, -0.05) is 6.07 Å². The van der Waals surface area contributed by atoms with Crippen molar-refractivity contribution >= 4 is 23.9 Å².